The van der Waals surface area contributed by atoms with Gasteiger partial charge < -0.3 is 5.32 Å². The molecule has 3 nitrogen and oxygen atoms in total. The van der Waals surface area contributed by atoms with Crippen LogP contribution in [0.4, 0.5) is 13.9 Å². The van der Waals surface area contributed by atoms with Crippen LogP contribution in [0.25, 0.3) is 0 Å². The molecule has 0 aliphatic heterocycles. The number of amides is 1. The summed E-state index contributed by atoms with van der Waals surface area (Å²) in [5.74, 6) is -1.30. The van der Waals surface area contributed by atoms with Gasteiger partial charge in [0.25, 0.3) is 0 Å². The molecule has 27 heavy (non-hydrogen) atoms. The average molecular weight is 386 g/mol. The molecule has 0 spiro atoms. The number of aryl methyl sites for hydroxylation is 1. The zero-order valence-electron chi connectivity index (χ0n) is 15.3. The lowest BCUT2D eigenvalue weighted by Crippen LogP contribution is -2.37. The minimum Gasteiger partial charge on any atom is -0.301 e. The molecule has 0 saturated heterocycles. The number of anilines is 1. The van der Waals surface area contributed by atoms with Crippen molar-refractivity contribution in [1.82, 2.24) is 4.98 Å². The van der Waals surface area contributed by atoms with Gasteiger partial charge >= 0.3 is 0 Å². The normalized spacial score (nSPS) is 11.6. The fourth-order valence-electron chi connectivity index (χ4n) is 3.14. The van der Waals surface area contributed by atoms with Gasteiger partial charge in [-0.1, -0.05) is 38.1 Å². The van der Waals surface area contributed by atoms with E-state index in [1.165, 1.54) is 35.6 Å². The Kier molecular flexibility index (Phi) is 5.37. The number of hydrogen-bond acceptors (Lipinski definition) is 3. The van der Waals surface area contributed by atoms with E-state index in [0.29, 0.717) is 5.13 Å². The van der Waals surface area contributed by atoms with E-state index in [-0.39, 0.29) is 23.5 Å². The van der Waals surface area contributed by atoms with Gasteiger partial charge in [-0.2, -0.15) is 0 Å². The molecule has 1 N–H and O–H groups in total. The summed E-state index contributed by atoms with van der Waals surface area (Å²) in [6.45, 7) is 5.55. The molecule has 0 bridgehead atoms. The molecule has 0 radical (unpaired) electrons. The standard InChI is InChI=1S/C21H20F2N2OS/c1-13-12-24-20(27-13)25-19(26)21(2,3)18(14-4-8-16(22)9-5-14)15-6-10-17(23)11-7-15/h4-12,18H,1-3H3,(H,24,25,26). The van der Waals surface area contributed by atoms with Gasteiger partial charge in [-0.15, -0.1) is 11.3 Å². The van der Waals surface area contributed by atoms with E-state index in [2.05, 4.69) is 10.3 Å². The van der Waals surface area contributed by atoms with Crippen LogP contribution in [0.2, 0.25) is 0 Å². The van der Waals surface area contributed by atoms with Crippen LogP contribution in [0.1, 0.15) is 35.8 Å². The maximum atomic E-state index is 13.4. The summed E-state index contributed by atoms with van der Waals surface area (Å²) in [4.78, 5) is 18.3. The van der Waals surface area contributed by atoms with E-state index in [4.69, 9.17) is 0 Å². The zero-order valence-corrected chi connectivity index (χ0v) is 16.1. The van der Waals surface area contributed by atoms with Gasteiger partial charge in [-0.25, -0.2) is 13.8 Å². The van der Waals surface area contributed by atoms with Gasteiger partial charge in [-0.3, -0.25) is 4.79 Å². The zero-order chi connectivity index (χ0) is 19.6. The average Bonchev–Trinajstić information content (AvgIpc) is 3.03. The SMILES string of the molecule is Cc1cnc(NC(=O)C(C)(C)C(c2ccc(F)cc2)c2ccc(F)cc2)s1. The number of carbonyl (C=O) groups is 1. The van der Waals surface area contributed by atoms with E-state index < -0.39 is 5.41 Å². The molecular formula is C21H20F2N2OS. The largest absolute Gasteiger partial charge is 0.301 e. The summed E-state index contributed by atoms with van der Waals surface area (Å²) < 4.78 is 26.8. The molecule has 140 valence electrons. The second kappa shape index (κ2) is 7.56. The number of nitrogens with zero attached hydrogens (tertiary/aromatic N) is 1. The summed E-state index contributed by atoms with van der Waals surface area (Å²) >= 11 is 1.40. The highest BCUT2D eigenvalue weighted by Crippen LogP contribution is 2.42. The monoisotopic (exact) mass is 386 g/mol. The molecule has 0 aliphatic carbocycles. The van der Waals surface area contributed by atoms with Crippen molar-refractivity contribution in [2.24, 2.45) is 5.41 Å². The Morgan fingerprint density at radius 3 is 1.89 bits per heavy atom. The lowest BCUT2D eigenvalue weighted by atomic mass is 9.70. The van der Waals surface area contributed by atoms with Gasteiger partial charge in [0.15, 0.2) is 5.13 Å². The number of nitrogens with one attached hydrogen (secondary N) is 1. The quantitative estimate of drug-likeness (QED) is 0.627. The molecule has 0 atom stereocenters. The Morgan fingerprint density at radius 2 is 1.48 bits per heavy atom. The van der Waals surface area contributed by atoms with Gasteiger partial charge in [-0.05, 0) is 42.3 Å². The van der Waals surface area contributed by atoms with Crippen molar-refractivity contribution in [3.63, 3.8) is 0 Å². The van der Waals surface area contributed by atoms with Crippen molar-refractivity contribution < 1.29 is 13.6 Å². The van der Waals surface area contributed by atoms with Gasteiger partial charge in [0.1, 0.15) is 11.6 Å². The summed E-state index contributed by atoms with van der Waals surface area (Å²) in [7, 11) is 0. The Hall–Kier alpha value is -2.60. The van der Waals surface area contributed by atoms with Crippen LogP contribution in [0.15, 0.2) is 54.7 Å². The lowest BCUT2D eigenvalue weighted by Gasteiger charge is -2.33. The van der Waals surface area contributed by atoms with E-state index in [1.54, 1.807) is 30.5 Å². The van der Waals surface area contributed by atoms with Gasteiger partial charge in [0.2, 0.25) is 5.91 Å². The Labute approximate surface area is 161 Å². The molecule has 2 aromatic carbocycles. The first-order valence-electron chi connectivity index (χ1n) is 8.52. The molecule has 1 amide bonds. The summed E-state index contributed by atoms with van der Waals surface area (Å²) in [5.41, 5.74) is 0.659. The van der Waals surface area contributed by atoms with Crippen LogP contribution in [-0.2, 0) is 4.79 Å². The number of rotatable bonds is 5. The number of thiazole rings is 1. The van der Waals surface area contributed by atoms with Crippen molar-refractivity contribution in [3.8, 4) is 0 Å². The minimum absolute atomic E-state index is 0.213. The van der Waals surface area contributed by atoms with Crippen LogP contribution < -0.4 is 5.32 Å². The highest BCUT2D eigenvalue weighted by atomic mass is 32.1. The van der Waals surface area contributed by atoms with Gasteiger partial charge in [0, 0.05) is 17.0 Å². The highest BCUT2D eigenvalue weighted by Gasteiger charge is 2.39. The smallest absolute Gasteiger partial charge is 0.232 e. The third-order valence-corrected chi connectivity index (χ3v) is 5.38. The Balaban J connectivity index is 2.00. The van der Waals surface area contributed by atoms with Crippen molar-refractivity contribution >= 4 is 22.4 Å². The topological polar surface area (TPSA) is 42.0 Å². The highest BCUT2D eigenvalue weighted by molar-refractivity contribution is 7.15. The first kappa shape index (κ1) is 19.2. The maximum Gasteiger partial charge on any atom is 0.232 e. The van der Waals surface area contributed by atoms with Crippen LogP contribution >= 0.6 is 11.3 Å². The van der Waals surface area contributed by atoms with Crippen LogP contribution in [0, 0.1) is 24.0 Å². The molecule has 6 heteroatoms. The van der Waals surface area contributed by atoms with E-state index >= 15 is 0 Å². The number of halogens is 2. The van der Waals surface area contributed by atoms with Crippen LogP contribution in [0.5, 0.6) is 0 Å². The maximum absolute atomic E-state index is 13.4. The molecule has 1 aromatic heterocycles. The third-order valence-electron chi connectivity index (χ3n) is 4.56. The number of hydrogen-bond donors (Lipinski definition) is 1. The number of benzene rings is 2. The fourth-order valence-corrected chi connectivity index (χ4v) is 3.80. The molecule has 0 saturated carbocycles. The molecule has 3 rings (SSSR count). The van der Waals surface area contributed by atoms with Gasteiger partial charge in [0.05, 0.1) is 5.41 Å². The first-order chi connectivity index (χ1) is 12.8. The number of aromatic nitrogens is 1. The molecule has 0 aliphatic rings. The predicted molar refractivity (Wildman–Crippen MR) is 104 cm³/mol. The molecule has 3 aromatic rings. The first-order valence-corrected chi connectivity index (χ1v) is 9.34. The third kappa shape index (κ3) is 4.22. The minimum atomic E-state index is -0.894. The van der Waals surface area contributed by atoms with Crippen molar-refractivity contribution in [1.29, 1.82) is 0 Å². The van der Waals surface area contributed by atoms with E-state index in [1.807, 2.05) is 20.8 Å². The van der Waals surface area contributed by atoms with Crippen LogP contribution in [0.3, 0.4) is 0 Å². The lowest BCUT2D eigenvalue weighted by molar-refractivity contribution is -0.124. The van der Waals surface area contributed by atoms with E-state index in [9.17, 15) is 13.6 Å². The van der Waals surface area contributed by atoms with E-state index in [0.717, 1.165) is 16.0 Å². The molecule has 0 unspecified atom stereocenters. The van der Waals surface area contributed by atoms with Crippen LogP contribution in [-0.4, -0.2) is 10.9 Å². The molecule has 0 fully saturated rings. The van der Waals surface area contributed by atoms with Crippen molar-refractivity contribution in [2.45, 2.75) is 26.7 Å². The number of carbonyl (C=O) groups excluding carboxylic acids is 1. The van der Waals surface area contributed by atoms with Crippen molar-refractivity contribution in [2.75, 3.05) is 5.32 Å². The summed E-state index contributed by atoms with van der Waals surface area (Å²) in [6, 6.07) is 12.1. The summed E-state index contributed by atoms with van der Waals surface area (Å²) in [5, 5.41) is 3.40. The Bertz CT molecular complexity index is 888. The Morgan fingerprint density at radius 1 is 1.00 bits per heavy atom. The second-order valence-corrected chi connectivity index (χ2v) is 8.22. The molecule has 1 heterocycles. The second-order valence-electron chi connectivity index (χ2n) is 6.99. The summed E-state index contributed by atoms with van der Waals surface area (Å²) in [6.07, 6.45) is 1.70. The fraction of sp³-hybridized carbons (Fsp3) is 0.238. The van der Waals surface area contributed by atoms with Crippen molar-refractivity contribution in [3.05, 3.63) is 82.4 Å². The predicted octanol–water partition coefficient (Wildman–Crippen LogP) is 5.53. The molecular weight excluding hydrogens is 366 g/mol.